The lowest BCUT2D eigenvalue weighted by molar-refractivity contribution is 0.125. The molecular weight excluding hydrogens is 312 g/mol. The third-order valence-corrected chi connectivity index (χ3v) is 4.47. The zero-order chi connectivity index (χ0) is 17.2. The number of hydrogen-bond donors (Lipinski definition) is 0. The zero-order valence-electron chi connectivity index (χ0n) is 15.4. The number of rotatable bonds is 18. The van der Waals surface area contributed by atoms with Crippen molar-refractivity contribution in [2.75, 3.05) is 26.1 Å². The van der Waals surface area contributed by atoms with Gasteiger partial charge < -0.3 is 4.74 Å². The molecule has 5 heteroatoms. The van der Waals surface area contributed by atoms with Gasteiger partial charge in [-0.05, 0) is 25.7 Å². The minimum Gasteiger partial charge on any atom is -0.381 e. The average molecular weight is 351 g/mol. The van der Waals surface area contributed by atoms with Crippen LogP contribution in [0, 0.1) is 0 Å². The number of ether oxygens (including phenoxy) is 1. The van der Waals surface area contributed by atoms with Crippen LogP contribution < -0.4 is 0 Å². The van der Waals surface area contributed by atoms with E-state index >= 15 is 0 Å². The van der Waals surface area contributed by atoms with Crippen LogP contribution in [0.2, 0.25) is 0 Å². The molecule has 0 atom stereocenters. The highest BCUT2D eigenvalue weighted by Crippen LogP contribution is 2.10. The molecule has 140 valence electrons. The molecule has 0 aromatic heterocycles. The first kappa shape index (κ1) is 22.9. The molecule has 0 N–H and O–H groups in total. The highest BCUT2D eigenvalue weighted by molar-refractivity contribution is 7.85. The van der Waals surface area contributed by atoms with Crippen molar-refractivity contribution in [2.45, 2.75) is 90.4 Å². The van der Waals surface area contributed by atoms with Crippen LogP contribution in [0.3, 0.4) is 0 Å². The monoisotopic (exact) mass is 350 g/mol. The summed E-state index contributed by atoms with van der Waals surface area (Å²) >= 11 is 0. The van der Waals surface area contributed by atoms with Gasteiger partial charge >= 0.3 is 0 Å². The van der Waals surface area contributed by atoms with E-state index in [9.17, 15) is 8.42 Å². The fourth-order valence-electron chi connectivity index (χ4n) is 2.49. The van der Waals surface area contributed by atoms with Crippen LogP contribution in [0.5, 0.6) is 0 Å². The maximum atomic E-state index is 10.7. The molecule has 0 saturated heterocycles. The molecule has 0 amide bonds. The van der Waals surface area contributed by atoms with Crippen molar-refractivity contribution < 1.29 is 17.3 Å². The lowest BCUT2D eigenvalue weighted by Crippen LogP contribution is -2.04. The van der Waals surface area contributed by atoms with Crippen LogP contribution in [-0.4, -0.2) is 34.5 Å². The van der Waals surface area contributed by atoms with Crippen LogP contribution in [-0.2, 0) is 19.0 Å². The summed E-state index contributed by atoms with van der Waals surface area (Å²) in [6.45, 7) is 4.18. The Morgan fingerprint density at radius 1 is 0.609 bits per heavy atom. The Balaban J connectivity index is 3.03. The molecule has 23 heavy (non-hydrogen) atoms. The van der Waals surface area contributed by atoms with Crippen LogP contribution in [0.4, 0.5) is 0 Å². The molecule has 0 rings (SSSR count). The van der Waals surface area contributed by atoms with Gasteiger partial charge in [0.15, 0.2) is 0 Å². The Morgan fingerprint density at radius 3 is 1.48 bits per heavy atom. The van der Waals surface area contributed by atoms with E-state index in [0.717, 1.165) is 45.2 Å². The van der Waals surface area contributed by atoms with Gasteiger partial charge in [0.05, 0.1) is 12.9 Å². The molecule has 4 nitrogen and oxygen atoms in total. The number of hydrogen-bond acceptors (Lipinski definition) is 4. The molecule has 0 heterocycles. The van der Waals surface area contributed by atoms with Gasteiger partial charge in [-0.1, -0.05) is 64.7 Å². The summed E-state index contributed by atoms with van der Waals surface area (Å²) in [6.07, 6.45) is 17.2. The zero-order valence-corrected chi connectivity index (χ0v) is 16.2. The Hall–Kier alpha value is -0.130. The van der Waals surface area contributed by atoms with E-state index in [2.05, 4.69) is 11.1 Å². The SMILES string of the molecule is CCCCCCCCCCCCOCCCCCOS(C)(=O)=O. The molecule has 0 aliphatic heterocycles. The van der Waals surface area contributed by atoms with Crippen molar-refractivity contribution in [3.63, 3.8) is 0 Å². The van der Waals surface area contributed by atoms with Gasteiger partial charge in [0.25, 0.3) is 10.1 Å². The summed E-state index contributed by atoms with van der Waals surface area (Å²) in [6, 6.07) is 0. The Morgan fingerprint density at radius 2 is 1.00 bits per heavy atom. The second kappa shape index (κ2) is 16.7. The summed E-state index contributed by atoms with van der Waals surface area (Å²) in [4.78, 5) is 0. The van der Waals surface area contributed by atoms with E-state index < -0.39 is 10.1 Å². The largest absolute Gasteiger partial charge is 0.381 e. The molecule has 0 spiro atoms. The van der Waals surface area contributed by atoms with Crippen molar-refractivity contribution in [3.05, 3.63) is 0 Å². The summed E-state index contributed by atoms with van der Waals surface area (Å²) in [5.41, 5.74) is 0. The van der Waals surface area contributed by atoms with E-state index in [4.69, 9.17) is 4.74 Å². The van der Waals surface area contributed by atoms with Crippen LogP contribution in [0.25, 0.3) is 0 Å². The Labute approximate surface area is 144 Å². The predicted octanol–water partition coefficient (Wildman–Crippen LogP) is 5.07. The average Bonchev–Trinajstić information content (AvgIpc) is 2.49. The van der Waals surface area contributed by atoms with E-state index in [0.29, 0.717) is 0 Å². The van der Waals surface area contributed by atoms with E-state index in [1.165, 1.54) is 57.8 Å². The third kappa shape index (κ3) is 21.9. The molecule has 0 fully saturated rings. The Bertz CT molecular complexity index is 328. The molecule has 0 aliphatic rings. The third-order valence-electron chi connectivity index (χ3n) is 3.87. The summed E-state index contributed by atoms with van der Waals surface area (Å²) in [7, 11) is -3.28. The van der Waals surface area contributed by atoms with Crippen molar-refractivity contribution in [1.29, 1.82) is 0 Å². The van der Waals surface area contributed by atoms with Crippen molar-refractivity contribution in [1.82, 2.24) is 0 Å². The second-order valence-corrected chi connectivity index (χ2v) is 8.03. The van der Waals surface area contributed by atoms with Gasteiger partial charge in [-0.3, -0.25) is 4.18 Å². The van der Waals surface area contributed by atoms with E-state index in [1.807, 2.05) is 0 Å². The topological polar surface area (TPSA) is 52.6 Å². The van der Waals surface area contributed by atoms with E-state index in [-0.39, 0.29) is 6.61 Å². The van der Waals surface area contributed by atoms with Gasteiger partial charge in [0.1, 0.15) is 0 Å². The highest BCUT2D eigenvalue weighted by atomic mass is 32.2. The van der Waals surface area contributed by atoms with Crippen LogP contribution >= 0.6 is 0 Å². The summed E-state index contributed by atoms with van der Waals surface area (Å²) in [5.74, 6) is 0. The van der Waals surface area contributed by atoms with Crippen molar-refractivity contribution in [3.8, 4) is 0 Å². The van der Waals surface area contributed by atoms with Gasteiger partial charge in [-0.25, -0.2) is 0 Å². The molecule has 0 aliphatic carbocycles. The first-order chi connectivity index (χ1) is 11.1. The van der Waals surface area contributed by atoms with Crippen molar-refractivity contribution in [2.24, 2.45) is 0 Å². The summed E-state index contributed by atoms with van der Waals surface area (Å²) in [5, 5.41) is 0. The smallest absolute Gasteiger partial charge is 0.264 e. The quantitative estimate of drug-likeness (QED) is 0.256. The number of unbranched alkanes of at least 4 members (excludes halogenated alkanes) is 11. The molecular formula is C18H38O4S. The normalized spacial score (nSPS) is 11.9. The molecule has 0 saturated carbocycles. The van der Waals surface area contributed by atoms with Gasteiger partial charge in [-0.15, -0.1) is 0 Å². The van der Waals surface area contributed by atoms with Crippen molar-refractivity contribution >= 4 is 10.1 Å². The van der Waals surface area contributed by atoms with Crippen LogP contribution in [0.15, 0.2) is 0 Å². The molecule has 0 unspecified atom stereocenters. The fraction of sp³-hybridized carbons (Fsp3) is 1.00. The maximum Gasteiger partial charge on any atom is 0.264 e. The lowest BCUT2D eigenvalue weighted by atomic mass is 10.1. The molecule has 0 bridgehead atoms. The van der Waals surface area contributed by atoms with Gasteiger partial charge in [-0.2, -0.15) is 8.42 Å². The minimum absolute atomic E-state index is 0.289. The fourth-order valence-corrected chi connectivity index (χ4v) is 2.91. The first-order valence-electron chi connectivity index (χ1n) is 9.48. The lowest BCUT2D eigenvalue weighted by Gasteiger charge is -2.05. The standard InChI is InChI=1S/C18H38O4S/c1-3-4-5-6-7-8-9-10-11-13-16-21-17-14-12-15-18-22-23(2,19)20/h3-18H2,1-2H3. The highest BCUT2D eigenvalue weighted by Gasteiger charge is 2.00. The predicted molar refractivity (Wildman–Crippen MR) is 97.3 cm³/mol. The molecule has 0 aromatic carbocycles. The maximum absolute atomic E-state index is 10.7. The van der Waals surface area contributed by atoms with E-state index in [1.54, 1.807) is 0 Å². The first-order valence-corrected chi connectivity index (χ1v) is 11.3. The van der Waals surface area contributed by atoms with Crippen LogP contribution in [0.1, 0.15) is 90.4 Å². The molecule has 0 aromatic rings. The summed E-state index contributed by atoms with van der Waals surface area (Å²) < 4.78 is 31.8. The minimum atomic E-state index is -3.28. The second-order valence-electron chi connectivity index (χ2n) is 6.38. The molecule has 0 radical (unpaired) electrons. The Kier molecular flexibility index (Phi) is 16.6. The van der Waals surface area contributed by atoms with Gasteiger partial charge in [0.2, 0.25) is 0 Å². The van der Waals surface area contributed by atoms with Gasteiger partial charge in [0, 0.05) is 13.2 Å².